The van der Waals surface area contributed by atoms with Gasteiger partial charge >= 0.3 is 5.97 Å². The highest BCUT2D eigenvalue weighted by atomic mass is 16.5. The molecule has 27 heavy (non-hydrogen) atoms. The Bertz CT molecular complexity index is 779. The van der Waals surface area contributed by atoms with Crippen LogP contribution < -0.4 is 4.90 Å². The number of aromatic nitrogens is 3. The van der Waals surface area contributed by atoms with Gasteiger partial charge in [0.25, 0.3) is 5.91 Å². The minimum absolute atomic E-state index is 0.0427. The number of carbonyl (C=O) groups is 2. The molecule has 0 atom stereocenters. The minimum atomic E-state index is -0.367. The van der Waals surface area contributed by atoms with E-state index in [-0.39, 0.29) is 11.9 Å². The van der Waals surface area contributed by atoms with Crippen molar-refractivity contribution < 1.29 is 14.3 Å². The molecule has 2 aromatic rings. The molecule has 3 heterocycles. The topological polar surface area (TPSA) is 91.4 Å². The zero-order valence-electron chi connectivity index (χ0n) is 15.8. The molecule has 8 heteroatoms. The van der Waals surface area contributed by atoms with Crippen molar-refractivity contribution in [2.24, 2.45) is 0 Å². The van der Waals surface area contributed by atoms with E-state index in [4.69, 9.17) is 4.74 Å². The van der Waals surface area contributed by atoms with Crippen molar-refractivity contribution in [3.63, 3.8) is 0 Å². The molecule has 0 unspecified atom stereocenters. The van der Waals surface area contributed by atoms with Gasteiger partial charge in [-0.05, 0) is 31.5 Å². The molecule has 0 saturated carbocycles. The first-order chi connectivity index (χ1) is 13.1. The molecular weight excluding hydrogens is 346 g/mol. The van der Waals surface area contributed by atoms with E-state index in [9.17, 15) is 9.59 Å². The Morgan fingerprint density at radius 1 is 1.19 bits per heavy atom. The normalized spacial score (nSPS) is 14.3. The number of piperazine rings is 1. The van der Waals surface area contributed by atoms with E-state index in [2.05, 4.69) is 27.0 Å². The number of rotatable bonds is 6. The summed E-state index contributed by atoms with van der Waals surface area (Å²) in [6, 6.07) is 5.37. The highest BCUT2D eigenvalue weighted by Crippen LogP contribution is 2.16. The Morgan fingerprint density at radius 2 is 1.96 bits per heavy atom. The molecule has 8 nitrogen and oxygen atoms in total. The fourth-order valence-electron chi connectivity index (χ4n) is 3.08. The number of hydrogen-bond acceptors (Lipinski definition) is 6. The van der Waals surface area contributed by atoms with Gasteiger partial charge in [0, 0.05) is 38.1 Å². The van der Waals surface area contributed by atoms with Gasteiger partial charge < -0.3 is 14.5 Å². The minimum Gasteiger partial charge on any atom is -0.462 e. The number of amides is 1. The predicted octanol–water partition coefficient (Wildman–Crippen LogP) is 1.90. The average Bonchev–Trinajstić information content (AvgIpc) is 3.17. The highest BCUT2D eigenvalue weighted by Gasteiger charge is 2.24. The molecule has 3 rings (SSSR count). The predicted molar refractivity (Wildman–Crippen MR) is 101 cm³/mol. The summed E-state index contributed by atoms with van der Waals surface area (Å²) in [5.74, 6) is 0.382. The van der Waals surface area contributed by atoms with E-state index in [1.807, 2.05) is 17.0 Å². The quantitative estimate of drug-likeness (QED) is 0.780. The van der Waals surface area contributed by atoms with Gasteiger partial charge in [-0.3, -0.25) is 9.89 Å². The summed E-state index contributed by atoms with van der Waals surface area (Å²) < 4.78 is 4.97. The summed E-state index contributed by atoms with van der Waals surface area (Å²) in [6.07, 6.45) is 3.43. The lowest BCUT2D eigenvalue weighted by Crippen LogP contribution is -2.49. The second kappa shape index (κ2) is 8.66. The van der Waals surface area contributed by atoms with Gasteiger partial charge in [-0.1, -0.05) is 13.3 Å². The maximum Gasteiger partial charge on any atom is 0.339 e. The summed E-state index contributed by atoms with van der Waals surface area (Å²) in [5.41, 5.74) is 1.91. The molecule has 1 amide bonds. The van der Waals surface area contributed by atoms with Crippen LogP contribution in [0.5, 0.6) is 0 Å². The third kappa shape index (κ3) is 4.45. The van der Waals surface area contributed by atoms with Crippen LogP contribution in [0.1, 0.15) is 46.8 Å². The zero-order chi connectivity index (χ0) is 19.2. The van der Waals surface area contributed by atoms with Crippen molar-refractivity contribution in [1.29, 1.82) is 0 Å². The van der Waals surface area contributed by atoms with Gasteiger partial charge in [-0.25, -0.2) is 9.78 Å². The van der Waals surface area contributed by atoms with Crippen LogP contribution in [0.3, 0.4) is 0 Å². The number of H-pyrrole nitrogens is 1. The molecule has 0 bridgehead atoms. The highest BCUT2D eigenvalue weighted by molar-refractivity contribution is 5.92. The van der Waals surface area contributed by atoms with E-state index in [1.54, 1.807) is 13.0 Å². The zero-order valence-corrected chi connectivity index (χ0v) is 15.8. The van der Waals surface area contributed by atoms with Crippen LogP contribution in [-0.2, 0) is 11.2 Å². The molecular formula is C19H25N5O3. The van der Waals surface area contributed by atoms with Crippen molar-refractivity contribution in [3.8, 4) is 0 Å². The molecule has 0 radical (unpaired) electrons. The Hall–Kier alpha value is -2.90. The van der Waals surface area contributed by atoms with Crippen molar-refractivity contribution in [2.75, 3.05) is 37.7 Å². The molecule has 144 valence electrons. The number of ether oxygens (including phenoxy) is 1. The van der Waals surface area contributed by atoms with Crippen molar-refractivity contribution in [1.82, 2.24) is 20.1 Å². The monoisotopic (exact) mass is 371 g/mol. The lowest BCUT2D eigenvalue weighted by molar-refractivity contribution is 0.0525. The van der Waals surface area contributed by atoms with E-state index < -0.39 is 0 Å². The molecule has 1 aliphatic rings. The number of nitrogens with one attached hydrogen (secondary N) is 1. The average molecular weight is 371 g/mol. The largest absolute Gasteiger partial charge is 0.462 e. The number of aryl methyl sites for hydroxylation is 1. The van der Waals surface area contributed by atoms with Gasteiger partial charge in [0.15, 0.2) is 0 Å². The number of anilines is 1. The van der Waals surface area contributed by atoms with Gasteiger partial charge in [0.05, 0.1) is 12.2 Å². The number of hydrogen-bond donors (Lipinski definition) is 1. The Kier molecular flexibility index (Phi) is 6.05. The fraction of sp³-hybridized carbons (Fsp3) is 0.474. The first-order valence-electron chi connectivity index (χ1n) is 9.34. The van der Waals surface area contributed by atoms with Crippen molar-refractivity contribution in [3.05, 3.63) is 41.3 Å². The first-order valence-corrected chi connectivity index (χ1v) is 9.34. The number of pyridine rings is 1. The molecule has 2 aromatic heterocycles. The standard InChI is InChI=1S/C19H25N5O3/c1-3-5-15-12-16(22-21-15)18(25)24-10-8-23(9-11-24)17-7-6-14(13-20-17)19(26)27-4-2/h6-7,12-13H,3-5,8-11H2,1-2H3,(H,21,22). The van der Waals surface area contributed by atoms with Gasteiger partial charge in [0.1, 0.15) is 11.5 Å². The summed E-state index contributed by atoms with van der Waals surface area (Å²) in [6.45, 7) is 6.79. The molecule has 0 aliphatic carbocycles. The van der Waals surface area contributed by atoms with E-state index in [1.165, 1.54) is 6.20 Å². The van der Waals surface area contributed by atoms with Gasteiger partial charge in [-0.2, -0.15) is 5.10 Å². The molecule has 1 fully saturated rings. The second-order valence-electron chi connectivity index (χ2n) is 6.43. The Balaban J connectivity index is 1.56. The molecule has 1 aliphatic heterocycles. The fourth-order valence-corrected chi connectivity index (χ4v) is 3.08. The maximum atomic E-state index is 12.6. The van der Waals surface area contributed by atoms with Crippen LogP contribution in [0.25, 0.3) is 0 Å². The lowest BCUT2D eigenvalue weighted by Gasteiger charge is -2.35. The third-order valence-electron chi connectivity index (χ3n) is 4.52. The Labute approximate surface area is 158 Å². The van der Waals surface area contributed by atoms with Crippen molar-refractivity contribution in [2.45, 2.75) is 26.7 Å². The smallest absolute Gasteiger partial charge is 0.339 e. The van der Waals surface area contributed by atoms with Crippen LogP contribution in [0.4, 0.5) is 5.82 Å². The Morgan fingerprint density at radius 3 is 2.59 bits per heavy atom. The maximum absolute atomic E-state index is 12.6. The van der Waals surface area contributed by atoms with E-state index >= 15 is 0 Å². The number of esters is 1. The molecule has 1 saturated heterocycles. The SMILES string of the molecule is CCCc1cc(C(=O)N2CCN(c3ccc(C(=O)OCC)cn3)CC2)n[nH]1. The number of aromatic amines is 1. The van der Waals surface area contributed by atoms with Crippen LogP contribution in [0.15, 0.2) is 24.4 Å². The van der Waals surface area contributed by atoms with Crippen LogP contribution in [0.2, 0.25) is 0 Å². The lowest BCUT2D eigenvalue weighted by atomic mass is 10.2. The van der Waals surface area contributed by atoms with E-state index in [0.717, 1.165) is 24.4 Å². The van der Waals surface area contributed by atoms with Gasteiger partial charge in [-0.15, -0.1) is 0 Å². The molecule has 0 spiro atoms. The van der Waals surface area contributed by atoms with Crippen LogP contribution in [-0.4, -0.2) is 64.7 Å². The summed E-state index contributed by atoms with van der Waals surface area (Å²) in [7, 11) is 0. The van der Waals surface area contributed by atoms with Crippen LogP contribution in [0, 0.1) is 0 Å². The summed E-state index contributed by atoms with van der Waals surface area (Å²) >= 11 is 0. The van der Waals surface area contributed by atoms with Gasteiger partial charge in [0.2, 0.25) is 0 Å². The number of carbonyl (C=O) groups excluding carboxylic acids is 2. The summed E-state index contributed by atoms with van der Waals surface area (Å²) in [4.78, 5) is 32.6. The van der Waals surface area contributed by atoms with E-state index in [0.29, 0.717) is 44.0 Å². The summed E-state index contributed by atoms with van der Waals surface area (Å²) in [5, 5.41) is 7.07. The van der Waals surface area contributed by atoms with Crippen molar-refractivity contribution >= 4 is 17.7 Å². The van der Waals surface area contributed by atoms with Crippen LogP contribution >= 0.6 is 0 Å². The number of nitrogens with zero attached hydrogens (tertiary/aromatic N) is 4. The third-order valence-corrected chi connectivity index (χ3v) is 4.52. The molecule has 0 aromatic carbocycles. The second-order valence-corrected chi connectivity index (χ2v) is 6.43. The first kappa shape index (κ1) is 18.9. The molecule has 1 N–H and O–H groups in total.